The van der Waals surface area contributed by atoms with Gasteiger partial charge in [-0.3, -0.25) is 4.40 Å². The Morgan fingerprint density at radius 1 is 1.07 bits per heavy atom. The van der Waals surface area contributed by atoms with Crippen molar-refractivity contribution >= 4 is 23.2 Å². The van der Waals surface area contributed by atoms with E-state index in [1.54, 1.807) is 25.3 Å². The summed E-state index contributed by atoms with van der Waals surface area (Å²) in [7, 11) is 0. The Balaban J connectivity index is 1.58. The van der Waals surface area contributed by atoms with E-state index in [-0.39, 0.29) is 5.82 Å². The summed E-state index contributed by atoms with van der Waals surface area (Å²) in [5.41, 5.74) is 3.97. The van der Waals surface area contributed by atoms with Crippen LogP contribution < -0.4 is 10.6 Å². The first-order valence-electron chi connectivity index (χ1n) is 8.75. The van der Waals surface area contributed by atoms with E-state index in [2.05, 4.69) is 20.6 Å². The molecule has 140 valence electrons. The fourth-order valence-electron chi connectivity index (χ4n) is 2.90. The van der Waals surface area contributed by atoms with Crippen molar-refractivity contribution in [1.82, 2.24) is 14.4 Å². The lowest BCUT2D eigenvalue weighted by atomic mass is 10.1. The van der Waals surface area contributed by atoms with Crippen LogP contribution in [0.15, 0.2) is 61.1 Å². The van der Waals surface area contributed by atoms with Gasteiger partial charge in [0, 0.05) is 41.1 Å². The van der Waals surface area contributed by atoms with Crippen LogP contribution in [0.25, 0.3) is 17.0 Å². The van der Waals surface area contributed by atoms with Gasteiger partial charge in [0.2, 0.25) is 5.78 Å². The number of aromatic nitrogens is 3. The molecule has 4 rings (SSSR count). The molecule has 0 spiro atoms. The van der Waals surface area contributed by atoms with Crippen molar-refractivity contribution in [3.63, 3.8) is 0 Å². The first-order valence-corrected chi connectivity index (χ1v) is 8.75. The molecule has 0 aliphatic carbocycles. The first-order chi connectivity index (χ1) is 13.5. The number of urea groups is 1. The molecule has 0 saturated carbocycles. The highest BCUT2D eigenvalue weighted by molar-refractivity contribution is 6.01. The SMILES string of the molecule is Cc1ccc(-c2cn3cccnc3n2)cc1NC(=O)Nc1cccc(F)c1C. The fraction of sp³-hybridized carbons (Fsp3) is 0.0952. The third-order valence-corrected chi connectivity index (χ3v) is 4.53. The highest BCUT2D eigenvalue weighted by atomic mass is 19.1. The highest BCUT2D eigenvalue weighted by Gasteiger charge is 2.11. The molecule has 0 atom stereocenters. The van der Waals surface area contributed by atoms with Crippen LogP contribution in [0.2, 0.25) is 0 Å². The quantitative estimate of drug-likeness (QED) is 0.540. The molecule has 0 saturated heterocycles. The van der Waals surface area contributed by atoms with Gasteiger partial charge in [0.15, 0.2) is 0 Å². The lowest BCUT2D eigenvalue weighted by Gasteiger charge is -2.12. The summed E-state index contributed by atoms with van der Waals surface area (Å²) >= 11 is 0. The zero-order chi connectivity index (χ0) is 19.7. The van der Waals surface area contributed by atoms with E-state index < -0.39 is 6.03 Å². The van der Waals surface area contributed by atoms with Gasteiger partial charge in [-0.25, -0.2) is 19.2 Å². The number of carbonyl (C=O) groups excluding carboxylic acids is 1. The van der Waals surface area contributed by atoms with Gasteiger partial charge in [-0.05, 0) is 43.7 Å². The molecule has 4 aromatic rings. The van der Waals surface area contributed by atoms with Crippen molar-refractivity contribution in [2.75, 3.05) is 10.6 Å². The van der Waals surface area contributed by atoms with E-state index in [1.165, 1.54) is 6.07 Å². The van der Waals surface area contributed by atoms with Crippen molar-refractivity contribution < 1.29 is 9.18 Å². The van der Waals surface area contributed by atoms with Crippen molar-refractivity contribution in [3.8, 4) is 11.3 Å². The van der Waals surface area contributed by atoms with E-state index in [1.807, 2.05) is 48.0 Å². The summed E-state index contributed by atoms with van der Waals surface area (Å²) in [5.74, 6) is 0.239. The fourth-order valence-corrected chi connectivity index (χ4v) is 2.90. The predicted octanol–water partition coefficient (Wildman–Crippen LogP) is 4.80. The molecule has 2 aromatic carbocycles. The largest absolute Gasteiger partial charge is 0.323 e. The Morgan fingerprint density at radius 3 is 2.71 bits per heavy atom. The van der Waals surface area contributed by atoms with Gasteiger partial charge in [0.1, 0.15) is 5.82 Å². The van der Waals surface area contributed by atoms with Crippen LogP contribution in [0.3, 0.4) is 0 Å². The summed E-state index contributed by atoms with van der Waals surface area (Å²) in [6, 6.07) is 11.7. The van der Waals surface area contributed by atoms with E-state index in [4.69, 9.17) is 0 Å². The summed E-state index contributed by atoms with van der Waals surface area (Å²) in [5, 5.41) is 5.51. The van der Waals surface area contributed by atoms with Gasteiger partial charge in [-0.15, -0.1) is 0 Å². The van der Waals surface area contributed by atoms with E-state index in [0.717, 1.165) is 16.8 Å². The number of hydrogen-bond acceptors (Lipinski definition) is 3. The molecule has 2 aromatic heterocycles. The number of benzene rings is 2. The predicted molar refractivity (Wildman–Crippen MR) is 107 cm³/mol. The standard InChI is InChI=1S/C21H18FN5O/c1-13-7-8-15(19-12-27-10-4-9-23-20(27)24-19)11-18(13)26-21(28)25-17-6-3-5-16(22)14(17)2/h3-12H,1-2H3,(H2,25,26,28). The summed E-state index contributed by atoms with van der Waals surface area (Å²) in [4.78, 5) is 21.1. The van der Waals surface area contributed by atoms with Gasteiger partial charge in [0.05, 0.1) is 5.69 Å². The summed E-state index contributed by atoms with van der Waals surface area (Å²) in [6.45, 7) is 3.52. The smallest absolute Gasteiger partial charge is 0.307 e. The van der Waals surface area contributed by atoms with Crippen molar-refractivity contribution in [2.24, 2.45) is 0 Å². The number of nitrogens with zero attached hydrogens (tertiary/aromatic N) is 3. The topological polar surface area (TPSA) is 71.3 Å². The molecule has 0 fully saturated rings. The second-order valence-electron chi connectivity index (χ2n) is 6.47. The first kappa shape index (κ1) is 17.7. The maximum absolute atomic E-state index is 13.7. The van der Waals surface area contributed by atoms with Crippen LogP contribution in [-0.2, 0) is 0 Å². The minimum atomic E-state index is -0.439. The molecule has 28 heavy (non-hydrogen) atoms. The average Bonchev–Trinajstić information content (AvgIpc) is 3.11. The number of carbonyl (C=O) groups is 1. The van der Waals surface area contributed by atoms with E-state index in [9.17, 15) is 9.18 Å². The minimum absolute atomic E-state index is 0.364. The Kier molecular flexibility index (Phi) is 4.49. The zero-order valence-corrected chi connectivity index (χ0v) is 15.4. The van der Waals surface area contributed by atoms with E-state index >= 15 is 0 Å². The molecule has 7 heteroatoms. The molecule has 2 amide bonds. The molecule has 6 nitrogen and oxygen atoms in total. The lowest BCUT2D eigenvalue weighted by Crippen LogP contribution is -2.20. The number of halogens is 1. The third-order valence-electron chi connectivity index (χ3n) is 4.53. The van der Waals surface area contributed by atoms with Crippen molar-refractivity contribution in [2.45, 2.75) is 13.8 Å². The number of rotatable bonds is 3. The van der Waals surface area contributed by atoms with Gasteiger partial charge >= 0.3 is 6.03 Å². The second kappa shape index (κ2) is 7.11. The number of hydrogen-bond donors (Lipinski definition) is 2. The van der Waals surface area contributed by atoms with Crippen molar-refractivity contribution in [3.05, 3.63) is 78.0 Å². The van der Waals surface area contributed by atoms with Crippen LogP contribution in [0, 0.1) is 19.7 Å². The van der Waals surface area contributed by atoms with Gasteiger partial charge in [-0.2, -0.15) is 0 Å². The monoisotopic (exact) mass is 375 g/mol. The Labute approximate surface area is 161 Å². The zero-order valence-electron chi connectivity index (χ0n) is 15.4. The van der Waals surface area contributed by atoms with Gasteiger partial charge in [0.25, 0.3) is 0 Å². The Morgan fingerprint density at radius 2 is 1.89 bits per heavy atom. The van der Waals surface area contributed by atoms with Crippen LogP contribution in [0.5, 0.6) is 0 Å². The third kappa shape index (κ3) is 3.42. The summed E-state index contributed by atoms with van der Waals surface area (Å²) < 4.78 is 15.5. The highest BCUT2D eigenvalue weighted by Crippen LogP contribution is 2.25. The lowest BCUT2D eigenvalue weighted by molar-refractivity contribution is 0.262. The average molecular weight is 375 g/mol. The number of fused-ring (bicyclic) bond motifs is 1. The maximum Gasteiger partial charge on any atom is 0.323 e. The van der Waals surface area contributed by atoms with Crippen LogP contribution in [0.4, 0.5) is 20.6 Å². The molecule has 0 bridgehead atoms. The van der Waals surface area contributed by atoms with E-state index in [0.29, 0.717) is 22.7 Å². The molecule has 2 N–H and O–H groups in total. The molecule has 0 aliphatic heterocycles. The Hall–Kier alpha value is -3.74. The minimum Gasteiger partial charge on any atom is -0.307 e. The van der Waals surface area contributed by atoms with Gasteiger partial charge < -0.3 is 10.6 Å². The van der Waals surface area contributed by atoms with Crippen molar-refractivity contribution in [1.29, 1.82) is 0 Å². The normalized spacial score (nSPS) is 10.8. The van der Waals surface area contributed by atoms with Crippen LogP contribution in [0.1, 0.15) is 11.1 Å². The maximum atomic E-state index is 13.7. The number of imidazole rings is 1. The molecule has 0 aliphatic rings. The molecular weight excluding hydrogens is 357 g/mol. The van der Waals surface area contributed by atoms with Crippen LogP contribution in [-0.4, -0.2) is 20.4 Å². The molecule has 0 unspecified atom stereocenters. The van der Waals surface area contributed by atoms with Crippen LogP contribution >= 0.6 is 0 Å². The second-order valence-corrected chi connectivity index (χ2v) is 6.47. The number of amides is 2. The number of nitrogens with one attached hydrogen (secondary N) is 2. The van der Waals surface area contributed by atoms with Gasteiger partial charge in [-0.1, -0.05) is 18.2 Å². The molecular formula is C21H18FN5O. The molecule has 0 radical (unpaired) electrons. The number of anilines is 2. The Bertz CT molecular complexity index is 1150. The molecule has 2 heterocycles. The summed E-state index contributed by atoms with van der Waals surface area (Å²) in [6.07, 6.45) is 5.45. The number of aryl methyl sites for hydroxylation is 1.